The van der Waals surface area contributed by atoms with Gasteiger partial charge >= 0.3 is 5.97 Å². The molecule has 7 heteroatoms. The Bertz CT molecular complexity index is 766. The summed E-state index contributed by atoms with van der Waals surface area (Å²) in [4.78, 5) is 27.2. The summed E-state index contributed by atoms with van der Waals surface area (Å²) >= 11 is 0. The van der Waals surface area contributed by atoms with Crippen LogP contribution in [0.25, 0.3) is 0 Å². The zero-order valence-electron chi connectivity index (χ0n) is 14.1. The molecule has 7 nitrogen and oxygen atoms in total. The van der Waals surface area contributed by atoms with Crippen LogP contribution in [0.5, 0.6) is 5.75 Å². The van der Waals surface area contributed by atoms with E-state index in [4.69, 9.17) is 14.6 Å². The Labute approximate surface area is 151 Å². The van der Waals surface area contributed by atoms with Crippen molar-refractivity contribution in [3.63, 3.8) is 0 Å². The van der Waals surface area contributed by atoms with Crippen LogP contribution in [-0.2, 0) is 9.53 Å². The van der Waals surface area contributed by atoms with Crippen molar-refractivity contribution in [3.8, 4) is 5.75 Å². The van der Waals surface area contributed by atoms with Gasteiger partial charge in [0, 0.05) is 24.6 Å². The Kier molecular flexibility index (Phi) is 5.80. The fourth-order valence-corrected chi connectivity index (χ4v) is 2.93. The van der Waals surface area contributed by atoms with Gasteiger partial charge in [0.2, 0.25) is 0 Å². The fraction of sp³-hybridized carbons (Fsp3) is 0.316. The molecule has 136 valence electrons. The Morgan fingerprint density at radius 1 is 1.27 bits per heavy atom. The van der Waals surface area contributed by atoms with Gasteiger partial charge in [-0.2, -0.15) is 0 Å². The highest BCUT2D eigenvalue weighted by Crippen LogP contribution is 2.28. The summed E-state index contributed by atoms with van der Waals surface area (Å²) in [5.74, 6) is -0.981. The highest BCUT2D eigenvalue weighted by atomic mass is 16.5. The van der Waals surface area contributed by atoms with Gasteiger partial charge in [0.15, 0.2) is 6.61 Å². The molecule has 2 heterocycles. The predicted octanol–water partition coefficient (Wildman–Crippen LogP) is 2.20. The lowest BCUT2D eigenvalue weighted by Gasteiger charge is -2.32. The number of pyridine rings is 1. The summed E-state index contributed by atoms with van der Waals surface area (Å²) in [6.45, 7) is 0.198. The topological polar surface area (TPSA) is 97.8 Å². The first kappa shape index (κ1) is 17.9. The molecular weight excluding hydrogens is 336 g/mol. The van der Waals surface area contributed by atoms with Crippen molar-refractivity contribution in [1.29, 1.82) is 0 Å². The highest BCUT2D eigenvalue weighted by Gasteiger charge is 2.29. The zero-order chi connectivity index (χ0) is 18.4. The summed E-state index contributed by atoms with van der Waals surface area (Å²) in [6, 6.07) is 10.1. The molecule has 1 aliphatic rings. The van der Waals surface area contributed by atoms with Crippen LogP contribution >= 0.6 is 0 Å². The SMILES string of the molecule is O=C(O)COc1cccc(C(=O)N[C@H]2CCCO[C@@H]2c2ccncc2)c1. The molecule has 2 aromatic rings. The van der Waals surface area contributed by atoms with E-state index in [2.05, 4.69) is 10.3 Å². The van der Waals surface area contributed by atoms with Crippen molar-refractivity contribution in [1.82, 2.24) is 10.3 Å². The van der Waals surface area contributed by atoms with E-state index in [1.807, 2.05) is 12.1 Å². The number of amides is 1. The minimum atomic E-state index is -1.07. The number of nitrogens with one attached hydrogen (secondary N) is 1. The number of hydrogen-bond donors (Lipinski definition) is 2. The quantitative estimate of drug-likeness (QED) is 0.823. The van der Waals surface area contributed by atoms with Crippen LogP contribution in [0, 0.1) is 0 Å². The van der Waals surface area contributed by atoms with Crippen molar-refractivity contribution >= 4 is 11.9 Å². The second kappa shape index (κ2) is 8.44. The predicted molar refractivity (Wildman–Crippen MR) is 93.0 cm³/mol. The fourth-order valence-electron chi connectivity index (χ4n) is 2.93. The van der Waals surface area contributed by atoms with Crippen LogP contribution in [0.3, 0.4) is 0 Å². The average Bonchev–Trinajstić information content (AvgIpc) is 2.68. The van der Waals surface area contributed by atoms with Crippen LogP contribution in [0.4, 0.5) is 0 Å². The third-order valence-corrected chi connectivity index (χ3v) is 4.13. The lowest BCUT2D eigenvalue weighted by atomic mass is 9.96. The van der Waals surface area contributed by atoms with Gasteiger partial charge in [-0.25, -0.2) is 4.79 Å². The highest BCUT2D eigenvalue weighted by molar-refractivity contribution is 5.94. The molecule has 0 spiro atoms. The van der Waals surface area contributed by atoms with Crippen LogP contribution in [0.1, 0.15) is 34.9 Å². The number of carboxylic acids is 1. The summed E-state index contributed by atoms with van der Waals surface area (Å²) < 4.78 is 11.0. The molecule has 1 aliphatic heterocycles. The average molecular weight is 356 g/mol. The van der Waals surface area contributed by atoms with Gasteiger partial charge in [0.05, 0.1) is 6.04 Å². The number of aliphatic carboxylic acids is 1. The van der Waals surface area contributed by atoms with Crippen molar-refractivity contribution in [2.75, 3.05) is 13.2 Å². The number of ether oxygens (including phenoxy) is 2. The lowest BCUT2D eigenvalue weighted by Crippen LogP contribution is -2.42. The molecule has 3 rings (SSSR count). The lowest BCUT2D eigenvalue weighted by molar-refractivity contribution is -0.139. The van der Waals surface area contributed by atoms with Crippen molar-refractivity contribution in [2.24, 2.45) is 0 Å². The molecule has 0 unspecified atom stereocenters. The maximum Gasteiger partial charge on any atom is 0.341 e. The molecule has 0 radical (unpaired) electrons. The maximum absolute atomic E-state index is 12.6. The van der Waals surface area contributed by atoms with Crippen LogP contribution in [0.2, 0.25) is 0 Å². The molecule has 1 amide bonds. The smallest absolute Gasteiger partial charge is 0.341 e. The van der Waals surface area contributed by atoms with Gasteiger partial charge in [-0.15, -0.1) is 0 Å². The van der Waals surface area contributed by atoms with E-state index in [-0.39, 0.29) is 18.1 Å². The minimum Gasteiger partial charge on any atom is -0.482 e. The van der Waals surface area contributed by atoms with Crippen LogP contribution < -0.4 is 10.1 Å². The molecule has 0 aliphatic carbocycles. The molecule has 26 heavy (non-hydrogen) atoms. The number of nitrogens with zero attached hydrogens (tertiary/aromatic N) is 1. The standard InChI is InChI=1S/C19H20N2O5/c22-17(23)12-26-15-4-1-3-14(11-15)19(24)21-16-5-2-10-25-18(16)13-6-8-20-9-7-13/h1,3-4,6-9,11,16,18H,2,5,10,12H2,(H,21,24)(H,22,23)/t16-,18+/m0/s1. The minimum absolute atomic E-state index is 0.151. The number of aromatic nitrogens is 1. The van der Waals surface area contributed by atoms with E-state index in [1.165, 1.54) is 6.07 Å². The summed E-state index contributed by atoms with van der Waals surface area (Å²) in [5.41, 5.74) is 1.38. The molecular formula is C19H20N2O5. The van der Waals surface area contributed by atoms with Crippen LogP contribution in [0.15, 0.2) is 48.8 Å². The first-order valence-corrected chi connectivity index (χ1v) is 8.40. The Balaban J connectivity index is 1.70. The van der Waals surface area contributed by atoms with Gasteiger partial charge < -0.3 is 19.9 Å². The van der Waals surface area contributed by atoms with E-state index >= 15 is 0 Å². The maximum atomic E-state index is 12.6. The second-order valence-corrected chi connectivity index (χ2v) is 6.00. The monoisotopic (exact) mass is 356 g/mol. The third-order valence-electron chi connectivity index (χ3n) is 4.13. The summed E-state index contributed by atoms with van der Waals surface area (Å²) in [5, 5.41) is 11.7. The Morgan fingerprint density at radius 2 is 2.08 bits per heavy atom. The van der Waals surface area contributed by atoms with Gasteiger partial charge in [0.25, 0.3) is 5.91 Å². The zero-order valence-corrected chi connectivity index (χ0v) is 14.1. The van der Waals surface area contributed by atoms with Gasteiger partial charge in [-0.3, -0.25) is 9.78 Å². The van der Waals surface area contributed by atoms with Gasteiger partial charge in [-0.05, 0) is 48.7 Å². The number of benzene rings is 1. The Morgan fingerprint density at radius 3 is 2.85 bits per heavy atom. The largest absolute Gasteiger partial charge is 0.482 e. The normalized spacial score (nSPS) is 19.5. The Hall–Kier alpha value is -2.93. The second-order valence-electron chi connectivity index (χ2n) is 6.00. The first-order valence-electron chi connectivity index (χ1n) is 8.40. The van der Waals surface area contributed by atoms with Crippen molar-refractivity contribution in [2.45, 2.75) is 25.0 Å². The van der Waals surface area contributed by atoms with E-state index in [0.717, 1.165) is 18.4 Å². The first-order chi connectivity index (χ1) is 12.6. The van der Waals surface area contributed by atoms with E-state index in [1.54, 1.807) is 30.6 Å². The third kappa shape index (κ3) is 4.58. The number of carbonyl (C=O) groups is 2. The summed E-state index contributed by atoms with van der Waals surface area (Å²) in [6.07, 6.45) is 4.87. The van der Waals surface area contributed by atoms with E-state index < -0.39 is 12.6 Å². The summed E-state index contributed by atoms with van der Waals surface area (Å²) in [7, 11) is 0. The molecule has 1 saturated heterocycles. The molecule has 1 aromatic carbocycles. The van der Waals surface area contributed by atoms with Crippen molar-refractivity contribution < 1.29 is 24.2 Å². The molecule has 2 N–H and O–H groups in total. The molecule has 1 fully saturated rings. The van der Waals surface area contributed by atoms with Gasteiger partial charge in [-0.1, -0.05) is 6.07 Å². The number of hydrogen-bond acceptors (Lipinski definition) is 5. The van der Waals surface area contributed by atoms with Crippen LogP contribution in [-0.4, -0.2) is 41.2 Å². The molecule has 0 bridgehead atoms. The molecule has 1 aromatic heterocycles. The number of carboxylic acid groups (broad SMARTS) is 1. The van der Waals surface area contributed by atoms with Gasteiger partial charge in [0.1, 0.15) is 11.9 Å². The number of rotatable bonds is 6. The number of carbonyl (C=O) groups excluding carboxylic acids is 1. The molecule has 0 saturated carbocycles. The van der Waals surface area contributed by atoms with E-state index in [0.29, 0.717) is 17.9 Å². The van der Waals surface area contributed by atoms with Crippen molar-refractivity contribution in [3.05, 3.63) is 59.9 Å². The van der Waals surface area contributed by atoms with E-state index in [9.17, 15) is 9.59 Å². The molecule has 2 atom stereocenters.